The maximum atomic E-state index is 13.0. The summed E-state index contributed by atoms with van der Waals surface area (Å²) in [7, 11) is 0. The van der Waals surface area contributed by atoms with E-state index in [0.29, 0.717) is 23.0 Å². The normalized spacial score (nSPS) is 15.3. The maximum Gasteiger partial charge on any atom is 0.253 e. The van der Waals surface area contributed by atoms with Crippen molar-refractivity contribution in [3.8, 4) is 0 Å². The van der Waals surface area contributed by atoms with Crippen LogP contribution in [0.2, 0.25) is 5.02 Å². The Kier molecular flexibility index (Phi) is 8.69. The lowest BCUT2D eigenvalue weighted by atomic mass is 10.1. The van der Waals surface area contributed by atoms with E-state index in [9.17, 15) is 4.79 Å². The molecule has 0 aromatic heterocycles. The highest BCUT2D eigenvalue weighted by atomic mass is 35.5. The zero-order valence-corrected chi connectivity index (χ0v) is 18.4. The van der Waals surface area contributed by atoms with Crippen molar-refractivity contribution in [3.63, 3.8) is 0 Å². The average molecular weight is 433 g/mol. The molecular weight excluding hydrogens is 403 g/mol. The molecule has 2 aromatic carbocycles. The third kappa shape index (κ3) is 6.65. The lowest BCUT2D eigenvalue weighted by molar-refractivity contribution is 0.0954. The number of alkyl halides is 1. The molecule has 2 aromatic rings. The number of carbonyl (C=O) groups excluding carboxylic acids is 1. The Labute approximate surface area is 184 Å². The van der Waals surface area contributed by atoms with Gasteiger partial charge in [0.05, 0.1) is 5.56 Å². The zero-order chi connectivity index (χ0) is 20.5. The number of hydrogen-bond donors (Lipinski definition) is 1. The van der Waals surface area contributed by atoms with Crippen LogP contribution < -0.4 is 10.2 Å². The monoisotopic (exact) mass is 432 g/mol. The standard InChI is InChI=1S/C24H30Cl2N2O/c25-18-20-9-7-19(8-10-20)13-14-27-24(29)22-17-21(26)11-12-23(22)28-15-5-3-1-2-4-6-16-28/h7-12,17H,1-6,13-16,18H2,(H,27,29). The van der Waals surface area contributed by atoms with E-state index >= 15 is 0 Å². The molecule has 0 bridgehead atoms. The Bertz CT molecular complexity index is 782. The van der Waals surface area contributed by atoms with Crippen LogP contribution in [-0.2, 0) is 12.3 Å². The molecule has 1 aliphatic heterocycles. The van der Waals surface area contributed by atoms with E-state index in [2.05, 4.69) is 22.3 Å². The second-order valence-electron chi connectivity index (χ2n) is 7.73. The van der Waals surface area contributed by atoms with Crippen molar-refractivity contribution in [2.75, 3.05) is 24.5 Å². The molecule has 5 heteroatoms. The molecular formula is C24H30Cl2N2O. The number of anilines is 1. The third-order valence-corrected chi connectivity index (χ3v) is 6.07. The molecule has 1 saturated heterocycles. The lowest BCUT2D eigenvalue weighted by Crippen LogP contribution is -2.31. The maximum absolute atomic E-state index is 13.0. The fourth-order valence-corrected chi connectivity index (χ4v) is 4.19. The third-order valence-electron chi connectivity index (χ3n) is 5.53. The average Bonchev–Trinajstić information content (AvgIpc) is 2.88. The largest absolute Gasteiger partial charge is 0.371 e. The molecule has 29 heavy (non-hydrogen) atoms. The molecule has 1 N–H and O–H groups in total. The van der Waals surface area contributed by atoms with Gasteiger partial charge in [-0.1, -0.05) is 61.5 Å². The summed E-state index contributed by atoms with van der Waals surface area (Å²) in [6.45, 7) is 2.58. The number of benzene rings is 2. The molecule has 0 unspecified atom stereocenters. The van der Waals surface area contributed by atoms with Crippen LogP contribution in [0.1, 0.15) is 60.0 Å². The Hall–Kier alpha value is -1.71. The van der Waals surface area contributed by atoms with Crippen LogP contribution in [0.4, 0.5) is 5.69 Å². The van der Waals surface area contributed by atoms with Crippen molar-refractivity contribution in [1.29, 1.82) is 0 Å². The molecule has 1 aliphatic rings. The molecule has 1 amide bonds. The van der Waals surface area contributed by atoms with Crippen molar-refractivity contribution in [3.05, 3.63) is 64.2 Å². The molecule has 0 radical (unpaired) electrons. The minimum atomic E-state index is -0.0558. The van der Waals surface area contributed by atoms with E-state index in [0.717, 1.165) is 30.8 Å². The predicted octanol–water partition coefficient (Wildman–Crippen LogP) is 6.21. The summed E-state index contributed by atoms with van der Waals surface area (Å²) in [4.78, 5) is 15.3. The second-order valence-corrected chi connectivity index (χ2v) is 8.43. The van der Waals surface area contributed by atoms with Crippen LogP contribution in [0.5, 0.6) is 0 Å². The first-order chi connectivity index (χ1) is 14.2. The fraction of sp³-hybridized carbons (Fsp3) is 0.458. The van der Waals surface area contributed by atoms with Crippen LogP contribution >= 0.6 is 23.2 Å². The van der Waals surface area contributed by atoms with Crippen LogP contribution in [0, 0.1) is 0 Å². The summed E-state index contributed by atoms with van der Waals surface area (Å²) in [6.07, 6.45) is 8.27. The second kappa shape index (κ2) is 11.5. The van der Waals surface area contributed by atoms with E-state index in [1.807, 2.05) is 24.3 Å². The van der Waals surface area contributed by atoms with Crippen molar-refractivity contribution in [1.82, 2.24) is 5.32 Å². The van der Waals surface area contributed by atoms with Crippen molar-refractivity contribution < 1.29 is 4.79 Å². The van der Waals surface area contributed by atoms with Gasteiger partial charge in [0.2, 0.25) is 0 Å². The van der Waals surface area contributed by atoms with Gasteiger partial charge < -0.3 is 10.2 Å². The highest BCUT2D eigenvalue weighted by Crippen LogP contribution is 2.26. The van der Waals surface area contributed by atoms with E-state index in [1.54, 1.807) is 6.07 Å². The quantitative estimate of drug-likeness (QED) is 0.549. The molecule has 0 saturated carbocycles. The van der Waals surface area contributed by atoms with Gasteiger partial charge in [0, 0.05) is 36.2 Å². The van der Waals surface area contributed by atoms with Crippen LogP contribution in [0.25, 0.3) is 0 Å². The predicted molar refractivity (Wildman–Crippen MR) is 123 cm³/mol. The molecule has 0 aliphatic carbocycles. The summed E-state index contributed by atoms with van der Waals surface area (Å²) in [5.41, 5.74) is 3.96. The molecule has 1 heterocycles. The molecule has 0 atom stereocenters. The number of halogens is 2. The van der Waals surface area contributed by atoms with Crippen LogP contribution in [0.3, 0.4) is 0 Å². The lowest BCUT2D eigenvalue weighted by Gasteiger charge is -2.26. The summed E-state index contributed by atoms with van der Waals surface area (Å²) < 4.78 is 0. The van der Waals surface area contributed by atoms with Gasteiger partial charge in [-0.3, -0.25) is 4.79 Å². The number of carbonyl (C=O) groups is 1. The van der Waals surface area contributed by atoms with Gasteiger partial charge in [0.1, 0.15) is 0 Å². The van der Waals surface area contributed by atoms with Gasteiger partial charge in [0.25, 0.3) is 5.91 Å². The highest BCUT2D eigenvalue weighted by Gasteiger charge is 2.17. The highest BCUT2D eigenvalue weighted by molar-refractivity contribution is 6.31. The summed E-state index contributed by atoms with van der Waals surface area (Å²) >= 11 is 12.1. The first-order valence-electron chi connectivity index (χ1n) is 10.6. The fourth-order valence-electron chi connectivity index (χ4n) is 3.84. The summed E-state index contributed by atoms with van der Waals surface area (Å²) in [6, 6.07) is 13.9. The minimum Gasteiger partial charge on any atom is -0.371 e. The van der Waals surface area contributed by atoms with Crippen molar-refractivity contribution in [2.24, 2.45) is 0 Å². The first-order valence-corrected chi connectivity index (χ1v) is 11.5. The van der Waals surface area contributed by atoms with E-state index < -0.39 is 0 Å². The number of hydrogen-bond acceptors (Lipinski definition) is 2. The molecule has 156 valence electrons. The van der Waals surface area contributed by atoms with E-state index in [4.69, 9.17) is 23.2 Å². The Morgan fingerprint density at radius 1 is 0.897 bits per heavy atom. The number of nitrogens with one attached hydrogen (secondary N) is 1. The summed E-state index contributed by atoms with van der Waals surface area (Å²) in [5, 5.41) is 3.67. The van der Waals surface area contributed by atoms with Crippen LogP contribution in [0.15, 0.2) is 42.5 Å². The smallest absolute Gasteiger partial charge is 0.253 e. The minimum absolute atomic E-state index is 0.0558. The number of amides is 1. The van der Waals surface area contributed by atoms with E-state index in [1.165, 1.54) is 44.1 Å². The van der Waals surface area contributed by atoms with Gasteiger partial charge in [0.15, 0.2) is 0 Å². The zero-order valence-electron chi connectivity index (χ0n) is 16.9. The van der Waals surface area contributed by atoms with Gasteiger partial charge in [-0.25, -0.2) is 0 Å². The van der Waals surface area contributed by atoms with Crippen molar-refractivity contribution >= 4 is 34.8 Å². The Morgan fingerprint density at radius 3 is 2.17 bits per heavy atom. The van der Waals surface area contributed by atoms with Gasteiger partial charge in [-0.2, -0.15) is 0 Å². The van der Waals surface area contributed by atoms with Gasteiger partial charge >= 0.3 is 0 Å². The van der Waals surface area contributed by atoms with Gasteiger partial charge in [-0.15, -0.1) is 11.6 Å². The molecule has 1 fully saturated rings. The first kappa shape index (κ1) is 22.0. The number of rotatable bonds is 6. The Balaban J connectivity index is 1.66. The topological polar surface area (TPSA) is 32.3 Å². The van der Waals surface area contributed by atoms with E-state index in [-0.39, 0.29) is 5.91 Å². The van der Waals surface area contributed by atoms with Gasteiger partial charge in [-0.05, 0) is 48.6 Å². The van der Waals surface area contributed by atoms with Crippen LogP contribution in [-0.4, -0.2) is 25.5 Å². The molecule has 3 rings (SSSR count). The van der Waals surface area contributed by atoms with Crippen molar-refractivity contribution in [2.45, 2.75) is 50.8 Å². The Morgan fingerprint density at radius 2 is 1.52 bits per heavy atom. The summed E-state index contributed by atoms with van der Waals surface area (Å²) in [5.74, 6) is 0.463. The number of nitrogens with zero attached hydrogens (tertiary/aromatic N) is 1. The molecule has 0 spiro atoms. The SMILES string of the molecule is O=C(NCCc1ccc(CCl)cc1)c1cc(Cl)ccc1N1CCCCCCCC1. The molecule has 3 nitrogen and oxygen atoms in total.